The monoisotopic (exact) mass is 556 g/mol. The van der Waals surface area contributed by atoms with Crippen LogP contribution in [0.5, 0.6) is 0 Å². The lowest BCUT2D eigenvalue weighted by Crippen LogP contribution is -2.53. The highest BCUT2D eigenvalue weighted by atomic mass is 35.5. The Balaban J connectivity index is 2.61. The van der Waals surface area contributed by atoms with Crippen LogP contribution in [-0.2, 0) is 19.1 Å². The fraction of sp³-hybridized carbons (Fsp3) is 0.379. The molecule has 9 nitrogen and oxygen atoms in total. The molecular formula is C29H37ClN4O5. The Labute approximate surface area is 234 Å². The smallest absolute Gasteiger partial charge is 0.408 e. The van der Waals surface area contributed by atoms with Crippen LogP contribution < -0.4 is 16.4 Å². The van der Waals surface area contributed by atoms with Crippen molar-refractivity contribution in [2.24, 2.45) is 5.73 Å². The van der Waals surface area contributed by atoms with Gasteiger partial charge in [0.2, 0.25) is 11.8 Å². The average Bonchev–Trinajstić information content (AvgIpc) is 2.78. The molecule has 2 aromatic rings. The molecule has 10 heteroatoms. The van der Waals surface area contributed by atoms with Gasteiger partial charge in [-0.2, -0.15) is 0 Å². The number of alkyl carbamates (subject to hydrolysis) is 1. The predicted molar refractivity (Wildman–Crippen MR) is 152 cm³/mol. The van der Waals surface area contributed by atoms with Crippen LogP contribution in [0.4, 0.5) is 10.5 Å². The van der Waals surface area contributed by atoms with Crippen molar-refractivity contribution in [2.45, 2.75) is 65.6 Å². The number of anilines is 1. The summed E-state index contributed by atoms with van der Waals surface area (Å²) in [6.07, 6.45) is 0.0483. The van der Waals surface area contributed by atoms with Crippen molar-refractivity contribution in [1.82, 2.24) is 10.2 Å². The van der Waals surface area contributed by atoms with Gasteiger partial charge in [0.05, 0.1) is 17.1 Å². The third kappa shape index (κ3) is 9.14. The van der Waals surface area contributed by atoms with Crippen LogP contribution in [0.2, 0.25) is 5.02 Å². The zero-order valence-corrected chi connectivity index (χ0v) is 24.0. The van der Waals surface area contributed by atoms with Crippen LogP contribution in [0, 0.1) is 20.8 Å². The van der Waals surface area contributed by atoms with E-state index in [0.717, 1.165) is 16.7 Å². The number of halogens is 1. The Morgan fingerprint density at radius 3 is 2.23 bits per heavy atom. The minimum atomic E-state index is -1.39. The molecule has 39 heavy (non-hydrogen) atoms. The molecule has 2 unspecified atom stereocenters. The zero-order chi connectivity index (χ0) is 29.5. The predicted octanol–water partition coefficient (Wildman–Crippen LogP) is 4.73. The van der Waals surface area contributed by atoms with Crippen LogP contribution in [0.3, 0.4) is 0 Å². The molecule has 0 saturated heterocycles. The lowest BCUT2D eigenvalue weighted by atomic mass is 9.98. The molecule has 0 aliphatic carbocycles. The Kier molecular flexibility index (Phi) is 10.7. The van der Waals surface area contributed by atoms with E-state index in [1.165, 1.54) is 11.0 Å². The van der Waals surface area contributed by atoms with Crippen molar-refractivity contribution < 1.29 is 23.9 Å². The molecule has 0 spiro atoms. The number of ether oxygens (including phenoxy) is 1. The lowest BCUT2D eigenvalue weighted by Gasteiger charge is -2.34. The fourth-order valence-electron chi connectivity index (χ4n) is 4.14. The maximum atomic E-state index is 13.9. The largest absolute Gasteiger partial charge is 0.444 e. The van der Waals surface area contributed by atoms with Gasteiger partial charge in [-0.25, -0.2) is 4.79 Å². The van der Waals surface area contributed by atoms with E-state index in [4.69, 9.17) is 22.1 Å². The highest BCUT2D eigenvalue weighted by Gasteiger charge is 2.37. The SMILES string of the molecule is C=CCN(C(=O)C(CC(N)=O)NC(=O)OC(C)(C)C)C(C(=O)Nc1c(C)cccc1Cl)c1cc(C)cc(C)c1. The molecule has 0 radical (unpaired) electrons. The summed E-state index contributed by atoms with van der Waals surface area (Å²) in [7, 11) is 0. The second kappa shape index (κ2) is 13.3. The number of nitrogens with one attached hydrogen (secondary N) is 2. The van der Waals surface area contributed by atoms with Gasteiger partial charge in [0.15, 0.2) is 0 Å². The summed E-state index contributed by atoms with van der Waals surface area (Å²) >= 11 is 6.37. The number of carbonyl (C=O) groups is 4. The number of nitrogens with zero attached hydrogens (tertiary/aromatic N) is 1. The molecule has 0 fully saturated rings. The van der Waals surface area contributed by atoms with Crippen LogP contribution in [-0.4, -0.2) is 46.9 Å². The van der Waals surface area contributed by atoms with Crippen molar-refractivity contribution in [2.75, 3.05) is 11.9 Å². The molecule has 0 saturated carbocycles. The second-order valence-corrected chi connectivity index (χ2v) is 10.8. The van der Waals surface area contributed by atoms with E-state index in [2.05, 4.69) is 17.2 Å². The van der Waals surface area contributed by atoms with Crippen LogP contribution >= 0.6 is 11.6 Å². The maximum Gasteiger partial charge on any atom is 0.408 e. The molecule has 0 bridgehead atoms. The standard InChI is InChI=1S/C29H37ClN4O5/c1-8-12-34(27(37)22(16-23(31)35)32-28(38)39-29(5,6)7)25(20-14-17(2)13-18(3)15-20)26(36)33-24-19(4)10-9-11-21(24)30/h8-11,13-15,22,25H,1,12,16H2,2-7H3,(H2,31,35)(H,32,38)(H,33,36). The quantitative estimate of drug-likeness (QED) is 0.364. The Morgan fingerprint density at radius 1 is 1.10 bits per heavy atom. The van der Waals surface area contributed by atoms with Gasteiger partial charge in [0, 0.05) is 6.54 Å². The third-order valence-corrected chi connectivity index (χ3v) is 5.91. The Bertz CT molecular complexity index is 1210. The number of nitrogens with two attached hydrogens (primary N) is 1. The number of para-hydroxylation sites is 1. The van der Waals surface area contributed by atoms with E-state index in [0.29, 0.717) is 16.3 Å². The molecule has 0 aliphatic rings. The number of primary amides is 1. The minimum Gasteiger partial charge on any atom is -0.444 e. The summed E-state index contributed by atoms with van der Waals surface area (Å²) in [6, 6.07) is 8.19. The van der Waals surface area contributed by atoms with Crippen molar-refractivity contribution in [3.05, 3.63) is 76.3 Å². The minimum absolute atomic E-state index is 0.0727. The molecule has 0 aromatic heterocycles. The third-order valence-electron chi connectivity index (χ3n) is 5.59. The van der Waals surface area contributed by atoms with Gasteiger partial charge < -0.3 is 26.0 Å². The Morgan fingerprint density at radius 2 is 1.72 bits per heavy atom. The number of benzene rings is 2. The molecular weight excluding hydrogens is 520 g/mol. The highest BCUT2D eigenvalue weighted by Crippen LogP contribution is 2.30. The first kappa shape index (κ1) is 31.4. The number of rotatable bonds is 10. The summed E-state index contributed by atoms with van der Waals surface area (Å²) in [5, 5.41) is 5.63. The molecule has 4 amide bonds. The number of carbonyl (C=O) groups excluding carboxylic acids is 4. The Hall–Kier alpha value is -3.85. The first-order valence-corrected chi connectivity index (χ1v) is 12.8. The molecule has 2 aromatic carbocycles. The van der Waals surface area contributed by atoms with Crippen molar-refractivity contribution in [3.63, 3.8) is 0 Å². The average molecular weight is 557 g/mol. The number of aryl methyl sites for hydroxylation is 3. The lowest BCUT2D eigenvalue weighted by molar-refractivity contribution is -0.141. The molecule has 0 aliphatic heterocycles. The summed E-state index contributed by atoms with van der Waals surface area (Å²) in [5.74, 6) is -2.07. The van der Waals surface area contributed by atoms with E-state index in [1.807, 2.05) is 19.9 Å². The normalized spacial score (nSPS) is 12.6. The van der Waals surface area contributed by atoms with E-state index in [-0.39, 0.29) is 6.54 Å². The van der Waals surface area contributed by atoms with Gasteiger partial charge in [-0.05, 0) is 58.7 Å². The highest BCUT2D eigenvalue weighted by molar-refractivity contribution is 6.34. The number of amides is 4. The summed E-state index contributed by atoms with van der Waals surface area (Å²) in [5.41, 5.74) is 7.99. The maximum absolute atomic E-state index is 13.9. The number of hydrogen-bond acceptors (Lipinski definition) is 5. The van der Waals surface area contributed by atoms with Gasteiger partial charge in [0.1, 0.15) is 17.7 Å². The molecule has 4 N–H and O–H groups in total. The first-order valence-electron chi connectivity index (χ1n) is 12.5. The van der Waals surface area contributed by atoms with E-state index in [9.17, 15) is 19.2 Å². The summed E-state index contributed by atoms with van der Waals surface area (Å²) < 4.78 is 5.28. The fourth-order valence-corrected chi connectivity index (χ4v) is 4.40. The van der Waals surface area contributed by atoms with Crippen LogP contribution in [0.15, 0.2) is 49.1 Å². The van der Waals surface area contributed by atoms with Crippen molar-refractivity contribution >= 4 is 41.1 Å². The zero-order valence-electron chi connectivity index (χ0n) is 23.3. The molecule has 0 heterocycles. The van der Waals surface area contributed by atoms with E-state index >= 15 is 0 Å². The summed E-state index contributed by atoms with van der Waals surface area (Å²) in [4.78, 5) is 53.5. The second-order valence-electron chi connectivity index (χ2n) is 10.4. The molecule has 210 valence electrons. The first-order chi connectivity index (χ1) is 18.1. The van der Waals surface area contributed by atoms with Crippen molar-refractivity contribution in [3.8, 4) is 0 Å². The van der Waals surface area contributed by atoms with Crippen LogP contribution in [0.1, 0.15) is 55.5 Å². The topological polar surface area (TPSA) is 131 Å². The van der Waals surface area contributed by atoms with Gasteiger partial charge in [-0.15, -0.1) is 6.58 Å². The molecule has 2 rings (SSSR count). The van der Waals surface area contributed by atoms with Crippen LogP contribution in [0.25, 0.3) is 0 Å². The van der Waals surface area contributed by atoms with E-state index < -0.39 is 47.9 Å². The van der Waals surface area contributed by atoms with Gasteiger partial charge in [-0.3, -0.25) is 14.4 Å². The van der Waals surface area contributed by atoms with Gasteiger partial charge in [0.25, 0.3) is 5.91 Å². The van der Waals surface area contributed by atoms with Gasteiger partial charge >= 0.3 is 6.09 Å². The molecule has 2 atom stereocenters. The summed E-state index contributed by atoms with van der Waals surface area (Å²) in [6.45, 7) is 14.2. The van der Waals surface area contributed by atoms with Crippen molar-refractivity contribution in [1.29, 1.82) is 0 Å². The van der Waals surface area contributed by atoms with Gasteiger partial charge in [-0.1, -0.05) is 59.1 Å². The number of hydrogen-bond donors (Lipinski definition) is 3. The van der Waals surface area contributed by atoms with E-state index in [1.54, 1.807) is 58.0 Å².